The molecule has 0 radical (unpaired) electrons. The molecule has 11 nitrogen and oxygen atoms in total. The summed E-state index contributed by atoms with van der Waals surface area (Å²) in [6.07, 6.45) is 0.738. The van der Waals surface area contributed by atoms with Crippen molar-refractivity contribution in [1.29, 1.82) is 0 Å². The lowest BCUT2D eigenvalue weighted by atomic mass is 10.0. The second kappa shape index (κ2) is 16.8. The lowest BCUT2D eigenvalue weighted by molar-refractivity contribution is -0.385. The van der Waals surface area contributed by atoms with Gasteiger partial charge in [0.1, 0.15) is 18.3 Å². The summed E-state index contributed by atoms with van der Waals surface area (Å²) < 4.78 is 35.2. The van der Waals surface area contributed by atoms with Crippen molar-refractivity contribution in [2.75, 3.05) is 18.0 Å². The largest absolute Gasteiger partial charge is 0.495 e. The second-order valence-electron chi connectivity index (χ2n) is 11.7. The summed E-state index contributed by atoms with van der Waals surface area (Å²) in [6.45, 7) is 4.28. The molecule has 0 aliphatic rings. The van der Waals surface area contributed by atoms with Gasteiger partial charge in [0.05, 0.1) is 22.6 Å². The third kappa shape index (κ3) is 9.12. The predicted octanol–water partition coefficient (Wildman–Crippen LogP) is 6.97. The number of amides is 2. The molecule has 4 aromatic rings. The van der Waals surface area contributed by atoms with Gasteiger partial charge in [-0.25, -0.2) is 8.42 Å². The van der Waals surface area contributed by atoms with Gasteiger partial charge >= 0.3 is 0 Å². The molecule has 0 saturated carbocycles. The highest BCUT2D eigenvalue weighted by atomic mass is 35.5. The molecule has 4 aromatic carbocycles. The molecule has 0 unspecified atom stereocenters. The number of ether oxygens (including phenoxy) is 1. The molecular weight excluding hydrogens is 703 g/mol. The summed E-state index contributed by atoms with van der Waals surface area (Å²) in [5.41, 5.74) is 1.04. The normalized spacial score (nSPS) is 12.4. The number of hydrogen-bond donors (Lipinski definition) is 1. The van der Waals surface area contributed by atoms with Crippen LogP contribution in [0.5, 0.6) is 5.75 Å². The minimum atomic E-state index is -4.70. The van der Waals surface area contributed by atoms with Gasteiger partial charge in [0.25, 0.3) is 15.7 Å². The number of benzene rings is 4. The van der Waals surface area contributed by atoms with Crippen molar-refractivity contribution in [2.24, 2.45) is 0 Å². The number of halogens is 2. The first-order valence-electron chi connectivity index (χ1n) is 15.7. The van der Waals surface area contributed by atoms with Crippen LogP contribution < -0.4 is 14.4 Å². The highest BCUT2D eigenvalue weighted by molar-refractivity contribution is 7.92. The highest BCUT2D eigenvalue weighted by Crippen LogP contribution is 2.36. The molecule has 0 aliphatic heterocycles. The topological polar surface area (TPSA) is 139 Å². The predicted molar refractivity (Wildman–Crippen MR) is 194 cm³/mol. The third-order valence-corrected chi connectivity index (χ3v) is 10.6. The van der Waals surface area contributed by atoms with E-state index in [1.54, 1.807) is 24.3 Å². The Hall–Kier alpha value is -4.65. The van der Waals surface area contributed by atoms with E-state index in [4.69, 9.17) is 27.9 Å². The van der Waals surface area contributed by atoms with Gasteiger partial charge in [-0.05, 0) is 61.7 Å². The summed E-state index contributed by atoms with van der Waals surface area (Å²) in [7, 11) is -3.37. The molecule has 0 saturated heterocycles. The van der Waals surface area contributed by atoms with E-state index in [2.05, 4.69) is 5.32 Å². The van der Waals surface area contributed by atoms with Crippen molar-refractivity contribution in [3.05, 3.63) is 128 Å². The van der Waals surface area contributed by atoms with E-state index in [1.807, 2.05) is 44.2 Å². The number of rotatable bonds is 15. The number of aryl methyl sites for hydroxylation is 1. The molecule has 0 bridgehead atoms. The minimum absolute atomic E-state index is 0.0698. The van der Waals surface area contributed by atoms with Gasteiger partial charge in [-0.2, -0.15) is 0 Å². The Bertz CT molecular complexity index is 1960. The molecule has 0 fully saturated rings. The van der Waals surface area contributed by atoms with E-state index in [-0.39, 0.29) is 41.0 Å². The van der Waals surface area contributed by atoms with Crippen LogP contribution in [-0.4, -0.2) is 55.8 Å². The first-order chi connectivity index (χ1) is 23.8. The van der Waals surface area contributed by atoms with E-state index in [0.717, 1.165) is 15.9 Å². The van der Waals surface area contributed by atoms with Crippen molar-refractivity contribution in [2.45, 2.75) is 57.1 Å². The standard InChI is InChI=1S/C36H38Cl2N4O7S/c1-5-25(3)39-36(44)33(19-26-11-7-6-8-12-26)40(22-27-13-9-10-14-30(27)38)35(43)23-41(32-20-28(37)16-18-34(32)49-4)50(47,48)29-17-15-24(2)31(21-29)42(45)46/h6-18,20-21,25,33H,5,19,22-23H2,1-4H3,(H,39,44)/t25-,33-/m1/s1. The van der Waals surface area contributed by atoms with Crippen molar-refractivity contribution in [1.82, 2.24) is 10.2 Å². The van der Waals surface area contributed by atoms with E-state index in [9.17, 15) is 28.1 Å². The maximum Gasteiger partial charge on any atom is 0.273 e. The van der Waals surface area contributed by atoms with Crippen LogP contribution in [0.4, 0.5) is 11.4 Å². The Morgan fingerprint density at radius 1 is 0.980 bits per heavy atom. The van der Waals surface area contributed by atoms with Crippen LogP contribution in [0.2, 0.25) is 10.0 Å². The van der Waals surface area contributed by atoms with Gasteiger partial charge in [0.2, 0.25) is 11.8 Å². The van der Waals surface area contributed by atoms with Gasteiger partial charge in [-0.1, -0.05) is 84.7 Å². The zero-order valence-corrected chi connectivity index (χ0v) is 30.3. The smallest absolute Gasteiger partial charge is 0.273 e. The molecule has 14 heteroatoms. The Balaban J connectivity index is 1.90. The third-order valence-electron chi connectivity index (χ3n) is 8.22. The number of nitrogens with one attached hydrogen (secondary N) is 1. The van der Waals surface area contributed by atoms with Crippen LogP contribution in [0.1, 0.15) is 37.0 Å². The molecular formula is C36H38Cl2N4O7S. The van der Waals surface area contributed by atoms with Crippen LogP contribution in [-0.2, 0) is 32.6 Å². The fraction of sp³-hybridized carbons (Fsp3) is 0.278. The Labute approximate surface area is 302 Å². The molecule has 2 amide bonds. The van der Waals surface area contributed by atoms with Gasteiger partial charge in [0.15, 0.2) is 0 Å². The summed E-state index contributed by atoms with van der Waals surface area (Å²) in [5.74, 6) is -1.12. The van der Waals surface area contributed by atoms with Crippen LogP contribution in [0.3, 0.4) is 0 Å². The quantitative estimate of drug-likeness (QED) is 0.103. The van der Waals surface area contributed by atoms with Crippen molar-refractivity contribution in [3.63, 3.8) is 0 Å². The van der Waals surface area contributed by atoms with Crippen LogP contribution in [0.25, 0.3) is 0 Å². The number of anilines is 1. The molecule has 1 N–H and O–H groups in total. The van der Waals surface area contributed by atoms with E-state index < -0.39 is 49.9 Å². The summed E-state index contributed by atoms with van der Waals surface area (Å²) >= 11 is 12.9. The van der Waals surface area contributed by atoms with Gasteiger partial charge in [-0.15, -0.1) is 0 Å². The molecule has 50 heavy (non-hydrogen) atoms. The molecule has 4 rings (SSSR count). The maximum atomic E-state index is 14.7. The van der Waals surface area contributed by atoms with E-state index >= 15 is 0 Å². The van der Waals surface area contributed by atoms with Crippen molar-refractivity contribution in [3.8, 4) is 5.75 Å². The first kappa shape index (κ1) is 38.2. The molecule has 0 spiro atoms. The lowest BCUT2D eigenvalue weighted by Gasteiger charge is -2.34. The zero-order chi connectivity index (χ0) is 36.6. The number of nitro benzene ring substituents is 1. The fourth-order valence-corrected chi connectivity index (χ4v) is 7.05. The molecule has 2 atom stereocenters. The second-order valence-corrected chi connectivity index (χ2v) is 14.4. The maximum absolute atomic E-state index is 14.7. The monoisotopic (exact) mass is 740 g/mol. The number of carbonyl (C=O) groups is 2. The molecule has 0 heterocycles. The van der Waals surface area contributed by atoms with Gasteiger partial charge < -0.3 is 15.0 Å². The van der Waals surface area contributed by atoms with Crippen LogP contribution >= 0.6 is 23.2 Å². The Kier molecular flexibility index (Phi) is 12.9. The lowest BCUT2D eigenvalue weighted by Crippen LogP contribution is -2.54. The first-order valence-corrected chi connectivity index (χ1v) is 17.9. The fourth-order valence-electron chi connectivity index (χ4n) is 5.25. The van der Waals surface area contributed by atoms with Gasteiger partial charge in [-0.3, -0.25) is 24.0 Å². The minimum Gasteiger partial charge on any atom is -0.495 e. The number of hydrogen-bond acceptors (Lipinski definition) is 7. The van der Waals surface area contributed by atoms with Crippen molar-refractivity contribution < 1.29 is 27.7 Å². The molecule has 264 valence electrons. The van der Waals surface area contributed by atoms with Crippen LogP contribution in [0.15, 0.2) is 95.9 Å². The molecule has 0 aliphatic carbocycles. The van der Waals surface area contributed by atoms with Gasteiger partial charge in [0, 0.05) is 40.7 Å². The number of nitrogens with zero attached hydrogens (tertiary/aromatic N) is 3. The average molecular weight is 742 g/mol. The SMILES string of the molecule is CC[C@@H](C)NC(=O)[C@@H](Cc1ccccc1)N(Cc1ccccc1Cl)C(=O)CN(c1cc(Cl)ccc1OC)S(=O)(=O)c1ccc(C)c([N+](=O)[O-])c1. The van der Waals surface area contributed by atoms with Crippen LogP contribution in [0, 0.1) is 17.0 Å². The summed E-state index contributed by atoms with van der Waals surface area (Å²) in [6, 6.07) is 22.4. The van der Waals surface area contributed by atoms with E-state index in [0.29, 0.717) is 17.0 Å². The number of carbonyl (C=O) groups excluding carboxylic acids is 2. The van der Waals surface area contributed by atoms with E-state index in [1.165, 1.54) is 49.3 Å². The summed E-state index contributed by atoms with van der Waals surface area (Å²) in [4.78, 5) is 40.7. The number of nitro groups is 1. The average Bonchev–Trinajstić information content (AvgIpc) is 3.09. The highest BCUT2D eigenvalue weighted by Gasteiger charge is 2.36. The molecule has 0 aromatic heterocycles. The Morgan fingerprint density at radius 3 is 2.30 bits per heavy atom. The summed E-state index contributed by atoms with van der Waals surface area (Å²) in [5, 5.41) is 15.3. The number of methoxy groups -OCH3 is 1. The number of sulfonamides is 1. The van der Waals surface area contributed by atoms with Crippen molar-refractivity contribution >= 4 is 56.4 Å². The zero-order valence-electron chi connectivity index (χ0n) is 28.0. The Morgan fingerprint density at radius 2 is 1.66 bits per heavy atom.